The van der Waals surface area contributed by atoms with E-state index in [1.54, 1.807) is 25.3 Å². The van der Waals surface area contributed by atoms with Crippen molar-refractivity contribution in [3.05, 3.63) is 53.1 Å². The molecule has 186 valence electrons. The average molecular weight is 537 g/mol. The summed E-state index contributed by atoms with van der Waals surface area (Å²) >= 11 is 7.05. The molecule has 0 bridgehead atoms. The van der Waals surface area contributed by atoms with Gasteiger partial charge in [-0.25, -0.2) is 18.2 Å². The lowest BCUT2D eigenvalue weighted by Crippen LogP contribution is -2.34. The summed E-state index contributed by atoms with van der Waals surface area (Å²) in [4.78, 5) is 28.9. The van der Waals surface area contributed by atoms with Crippen LogP contribution >= 0.6 is 22.9 Å². The minimum absolute atomic E-state index is 0.108. The Hall–Kier alpha value is -2.86. The van der Waals surface area contributed by atoms with Gasteiger partial charge in [-0.1, -0.05) is 42.0 Å². The summed E-state index contributed by atoms with van der Waals surface area (Å²) in [5.41, 5.74) is 1.00. The van der Waals surface area contributed by atoms with E-state index >= 15 is 0 Å². The van der Waals surface area contributed by atoms with Crippen LogP contribution in [0.2, 0.25) is 5.02 Å². The van der Waals surface area contributed by atoms with Gasteiger partial charge in [-0.05, 0) is 43.2 Å². The Morgan fingerprint density at radius 3 is 2.66 bits per heavy atom. The van der Waals surface area contributed by atoms with Crippen molar-refractivity contribution >= 4 is 65.8 Å². The van der Waals surface area contributed by atoms with Gasteiger partial charge in [0.15, 0.2) is 15.0 Å². The molecule has 0 fully saturated rings. The van der Waals surface area contributed by atoms with Crippen LogP contribution in [-0.2, 0) is 14.6 Å². The highest BCUT2D eigenvalue weighted by atomic mass is 35.5. The number of thiazole rings is 1. The molecule has 0 spiro atoms. The number of anilines is 1. The first-order chi connectivity index (χ1) is 16.6. The van der Waals surface area contributed by atoms with Crippen molar-refractivity contribution in [2.75, 3.05) is 24.8 Å². The third-order valence-electron chi connectivity index (χ3n) is 5.28. The Bertz CT molecular complexity index is 1360. The Labute approximate surface area is 212 Å². The number of urea groups is 1. The number of carbonyl (C=O) groups is 2. The zero-order valence-corrected chi connectivity index (χ0v) is 21.5. The Kier molecular flexibility index (Phi) is 8.95. The topological polar surface area (TPSA) is 138 Å². The van der Waals surface area contributed by atoms with Gasteiger partial charge in [0.25, 0.3) is 5.91 Å². The van der Waals surface area contributed by atoms with Crippen LogP contribution in [0.25, 0.3) is 10.2 Å². The van der Waals surface area contributed by atoms with Gasteiger partial charge < -0.3 is 10.1 Å². The number of hydrogen-bond acceptors (Lipinski definition) is 8. The standard InChI is InChI=1S/C23H25ClN4O5S2/c1-3-14(13-33-2)18(25)10-11-35(31,32)15-8-9-19-20(12-15)34-23(26-19)28-22(30)27-21(29)16-6-4-5-7-17(16)24/h4-9,12,14,25H,3,10-11,13H2,1-2H3,(H2,26,27,28,29,30). The maximum atomic E-state index is 12.8. The van der Waals surface area contributed by atoms with Gasteiger partial charge in [-0.15, -0.1) is 0 Å². The third kappa shape index (κ3) is 6.85. The summed E-state index contributed by atoms with van der Waals surface area (Å²) in [6, 6.07) is 10.0. The minimum Gasteiger partial charge on any atom is -0.384 e. The fraction of sp³-hybridized carbons (Fsp3) is 0.304. The average Bonchev–Trinajstić information content (AvgIpc) is 3.22. The normalized spacial score (nSPS) is 12.3. The lowest BCUT2D eigenvalue weighted by molar-refractivity contribution is 0.0967. The molecule has 0 radical (unpaired) electrons. The number of fused-ring (bicyclic) bond motifs is 1. The SMILES string of the molecule is CCC(COC)C(=N)CCS(=O)(=O)c1ccc2nc(NC(=O)NC(=O)c3ccccc3Cl)sc2c1. The summed E-state index contributed by atoms with van der Waals surface area (Å²) in [6.07, 6.45) is 0.824. The molecule has 1 unspecified atom stereocenters. The number of benzene rings is 2. The quantitative estimate of drug-likeness (QED) is 0.319. The first-order valence-electron chi connectivity index (χ1n) is 10.7. The number of imide groups is 1. The Balaban J connectivity index is 1.67. The number of halogens is 1. The second kappa shape index (κ2) is 11.7. The number of amides is 3. The van der Waals surface area contributed by atoms with E-state index in [4.69, 9.17) is 21.7 Å². The number of hydrogen-bond donors (Lipinski definition) is 3. The fourth-order valence-corrected chi connectivity index (χ4v) is 5.82. The van der Waals surface area contributed by atoms with Crippen LogP contribution in [0.15, 0.2) is 47.4 Å². The molecule has 35 heavy (non-hydrogen) atoms. The zero-order valence-electron chi connectivity index (χ0n) is 19.1. The van der Waals surface area contributed by atoms with Crippen LogP contribution in [0.1, 0.15) is 30.1 Å². The number of nitrogens with zero attached hydrogens (tertiary/aromatic N) is 1. The molecule has 0 aliphatic carbocycles. The molecule has 1 aromatic heterocycles. The number of ether oxygens (including phenoxy) is 1. The lowest BCUT2D eigenvalue weighted by atomic mass is 10.00. The van der Waals surface area contributed by atoms with Gasteiger partial charge in [-0.3, -0.25) is 15.4 Å². The number of methoxy groups -OCH3 is 1. The predicted octanol–water partition coefficient (Wildman–Crippen LogP) is 4.77. The van der Waals surface area contributed by atoms with Gasteiger partial charge >= 0.3 is 6.03 Å². The van der Waals surface area contributed by atoms with Crippen LogP contribution in [0.3, 0.4) is 0 Å². The molecule has 0 aliphatic heterocycles. The predicted molar refractivity (Wildman–Crippen MR) is 138 cm³/mol. The van der Waals surface area contributed by atoms with Gasteiger partial charge in [0.05, 0.1) is 38.1 Å². The molecule has 2 aromatic carbocycles. The van der Waals surface area contributed by atoms with Gasteiger partial charge in [0, 0.05) is 18.7 Å². The molecule has 1 atom stereocenters. The van der Waals surface area contributed by atoms with Crippen molar-refractivity contribution in [1.82, 2.24) is 10.3 Å². The fourth-order valence-electron chi connectivity index (χ4n) is 3.33. The summed E-state index contributed by atoms with van der Waals surface area (Å²) < 4.78 is 31.4. The number of carbonyl (C=O) groups excluding carboxylic acids is 2. The molecule has 3 aromatic rings. The van der Waals surface area contributed by atoms with Crippen molar-refractivity contribution in [2.45, 2.75) is 24.7 Å². The third-order valence-corrected chi connectivity index (χ3v) is 8.26. The van der Waals surface area contributed by atoms with E-state index in [1.807, 2.05) is 6.92 Å². The first-order valence-corrected chi connectivity index (χ1v) is 13.6. The highest BCUT2D eigenvalue weighted by Crippen LogP contribution is 2.29. The van der Waals surface area contributed by atoms with Crippen LogP contribution in [0.4, 0.5) is 9.93 Å². The molecule has 0 saturated carbocycles. The second-order valence-corrected chi connectivity index (χ2v) is 11.2. The maximum absolute atomic E-state index is 12.8. The van der Waals surface area contributed by atoms with E-state index in [1.165, 1.54) is 24.3 Å². The van der Waals surface area contributed by atoms with E-state index in [9.17, 15) is 18.0 Å². The van der Waals surface area contributed by atoms with Crippen molar-refractivity contribution in [2.24, 2.45) is 5.92 Å². The van der Waals surface area contributed by atoms with E-state index in [-0.39, 0.29) is 38.7 Å². The molecular weight excluding hydrogens is 512 g/mol. The van der Waals surface area contributed by atoms with Crippen LogP contribution < -0.4 is 10.6 Å². The molecular formula is C23H25ClN4O5S2. The van der Waals surface area contributed by atoms with E-state index in [0.29, 0.717) is 29.0 Å². The molecule has 3 rings (SSSR count). The van der Waals surface area contributed by atoms with Crippen LogP contribution in [0, 0.1) is 11.3 Å². The van der Waals surface area contributed by atoms with Crippen molar-refractivity contribution in [1.29, 1.82) is 5.41 Å². The molecule has 1 heterocycles. The summed E-state index contributed by atoms with van der Waals surface area (Å²) in [6.45, 7) is 2.32. The van der Waals surface area contributed by atoms with E-state index in [0.717, 1.165) is 11.3 Å². The Morgan fingerprint density at radius 1 is 1.23 bits per heavy atom. The van der Waals surface area contributed by atoms with Gasteiger partial charge in [-0.2, -0.15) is 0 Å². The lowest BCUT2D eigenvalue weighted by Gasteiger charge is -2.15. The molecule has 3 amide bonds. The maximum Gasteiger partial charge on any atom is 0.327 e. The largest absolute Gasteiger partial charge is 0.384 e. The van der Waals surface area contributed by atoms with Crippen molar-refractivity contribution < 1.29 is 22.7 Å². The van der Waals surface area contributed by atoms with E-state index in [2.05, 4.69) is 15.6 Å². The molecule has 0 saturated heterocycles. The Morgan fingerprint density at radius 2 is 1.97 bits per heavy atom. The summed E-state index contributed by atoms with van der Waals surface area (Å²) in [5.74, 6) is -0.957. The zero-order chi connectivity index (χ0) is 25.6. The number of rotatable bonds is 10. The highest BCUT2D eigenvalue weighted by molar-refractivity contribution is 7.91. The molecule has 0 aliphatic rings. The van der Waals surface area contributed by atoms with Crippen LogP contribution in [0.5, 0.6) is 0 Å². The number of sulfone groups is 1. The summed E-state index contributed by atoms with van der Waals surface area (Å²) in [5, 5.41) is 13.3. The van der Waals surface area contributed by atoms with Gasteiger partial charge in [0.1, 0.15) is 0 Å². The molecule has 9 nitrogen and oxygen atoms in total. The van der Waals surface area contributed by atoms with E-state index < -0.39 is 21.8 Å². The molecule has 3 N–H and O–H groups in total. The monoisotopic (exact) mass is 536 g/mol. The summed E-state index contributed by atoms with van der Waals surface area (Å²) in [7, 11) is -2.07. The van der Waals surface area contributed by atoms with Crippen molar-refractivity contribution in [3.63, 3.8) is 0 Å². The smallest absolute Gasteiger partial charge is 0.327 e. The highest BCUT2D eigenvalue weighted by Gasteiger charge is 2.20. The van der Waals surface area contributed by atoms with Gasteiger partial charge in [0.2, 0.25) is 0 Å². The second-order valence-electron chi connectivity index (χ2n) is 7.69. The molecule has 12 heteroatoms. The van der Waals surface area contributed by atoms with Crippen LogP contribution in [-0.4, -0.2) is 50.5 Å². The first kappa shape index (κ1) is 26.7. The number of aromatic nitrogens is 1. The minimum atomic E-state index is -3.63. The number of nitrogens with one attached hydrogen (secondary N) is 3. The van der Waals surface area contributed by atoms with Crippen molar-refractivity contribution in [3.8, 4) is 0 Å².